The molecule has 90 valence electrons. The Morgan fingerprint density at radius 3 is 2.94 bits per heavy atom. The van der Waals surface area contributed by atoms with Crippen LogP contribution < -0.4 is 5.32 Å². The number of hydrogen-bond donors (Lipinski definition) is 1. The molecular formula is C14H17NO2. The van der Waals surface area contributed by atoms with Crippen molar-refractivity contribution in [2.24, 2.45) is 0 Å². The van der Waals surface area contributed by atoms with E-state index in [4.69, 9.17) is 4.42 Å². The van der Waals surface area contributed by atoms with Crippen molar-refractivity contribution < 1.29 is 9.21 Å². The second-order valence-corrected chi connectivity index (χ2v) is 4.17. The molecule has 2 aromatic rings. The van der Waals surface area contributed by atoms with Crippen LogP contribution in [0.1, 0.15) is 30.1 Å². The number of furan rings is 1. The van der Waals surface area contributed by atoms with Crippen molar-refractivity contribution in [3.05, 3.63) is 36.1 Å². The molecule has 2 rings (SSSR count). The average Bonchev–Trinajstić information content (AvgIpc) is 2.82. The molecule has 0 fully saturated rings. The second kappa shape index (κ2) is 5.15. The predicted molar refractivity (Wildman–Crippen MR) is 68.3 cm³/mol. The number of carbonyl (C=O) groups is 1. The van der Waals surface area contributed by atoms with E-state index >= 15 is 0 Å². The Labute approximate surface area is 101 Å². The van der Waals surface area contributed by atoms with Crippen LogP contribution in [0, 0.1) is 0 Å². The molecule has 3 heteroatoms. The molecule has 1 atom stereocenters. The van der Waals surface area contributed by atoms with Crippen LogP contribution in [0.5, 0.6) is 0 Å². The third-order valence-corrected chi connectivity index (χ3v) is 2.98. The highest BCUT2D eigenvalue weighted by molar-refractivity contribution is 6.02. The predicted octanol–water partition coefficient (Wildman–Crippen LogP) is 3.00. The van der Waals surface area contributed by atoms with Gasteiger partial charge in [0.15, 0.2) is 5.78 Å². The van der Waals surface area contributed by atoms with E-state index in [0.29, 0.717) is 0 Å². The summed E-state index contributed by atoms with van der Waals surface area (Å²) in [5.74, 6) is 0.150. The molecule has 0 radical (unpaired) electrons. The molecule has 0 saturated carbocycles. The Balaban J connectivity index is 2.28. The highest BCUT2D eigenvalue weighted by atomic mass is 16.3. The zero-order chi connectivity index (χ0) is 12.3. The first-order chi connectivity index (χ1) is 8.26. The van der Waals surface area contributed by atoms with Gasteiger partial charge >= 0.3 is 0 Å². The SMILES string of the molecule is CCC[C@@H](NC)C(=O)c1ccc2occc2c1. The lowest BCUT2D eigenvalue weighted by Gasteiger charge is -2.13. The number of benzene rings is 1. The third kappa shape index (κ3) is 2.39. The molecule has 1 aromatic heterocycles. The fourth-order valence-electron chi connectivity index (χ4n) is 2.02. The summed E-state index contributed by atoms with van der Waals surface area (Å²) in [5.41, 5.74) is 1.56. The fraction of sp³-hybridized carbons (Fsp3) is 0.357. The summed E-state index contributed by atoms with van der Waals surface area (Å²) in [5, 5.41) is 4.04. The first kappa shape index (κ1) is 11.9. The van der Waals surface area contributed by atoms with E-state index < -0.39 is 0 Å². The molecule has 0 amide bonds. The number of carbonyl (C=O) groups excluding carboxylic acids is 1. The highest BCUT2D eigenvalue weighted by Gasteiger charge is 2.17. The summed E-state index contributed by atoms with van der Waals surface area (Å²) in [7, 11) is 1.83. The average molecular weight is 231 g/mol. The minimum absolute atomic E-state index is 0.0932. The van der Waals surface area contributed by atoms with Crippen molar-refractivity contribution in [2.75, 3.05) is 7.05 Å². The molecule has 0 bridgehead atoms. The molecule has 1 N–H and O–H groups in total. The molecular weight excluding hydrogens is 214 g/mol. The minimum Gasteiger partial charge on any atom is -0.464 e. The van der Waals surface area contributed by atoms with Gasteiger partial charge in [-0.05, 0) is 37.7 Å². The number of nitrogens with one attached hydrogen (secondary N) is 1. The minimum atomic E-state index is -0.0932. The van der Waals surface area contributed by atoms with Crippen LogP contribution in [-0.4, -0.2) is 18.9 Å². The maximum Gasteiger partial charge on any atom is 0.179 e. The molecule has 0 spiro atoms. The van der Waals surface area contributed by atoms with Gasteiger partial charge in [0.1, 0.15) is 5.58 Å². The Morgan fingerprint density at radius 2 is 2.24 bits per heavy atom. The van der Waals surface area contributed by atoms with Gasteiger partial charge in [-0.2, -0.15) is 0 Å². The quantitative estimate of drug-likeness (QED) is 0.804. The first-order valence-electron chi connectivity index (χ1n) is 5.95. The second-order valence-electron chi connectivity index (χ2n) is 4.17. The van der Waals surface area contributed by atoms with Crippen molar-refractivity contribution in [3.8, 4) is 0 Å². The lowest BCUT2D eigenvalue weighted by Crippen LogP contribution is -2.33. The van der Waals surface area contributed by atoms with Crippen molar-refractivity contribution in [1.82, 2.24) is 5.32 Å². The van der Waals surface area contributed by atoms with Gasteiger partial charge in [0.2, 0.25) is 0 Å². The molecule has 0 saturated heterocycles. The third-order valence-electron chi connectivity index (χ3n) is 2.98. The standard InChI is InChI=1S/C14H17NO2/c1-3-4-12(15-2)14(16)11-5-6-13-10(9-11)7-8-17-13/h5-9,12,15H,3-4H2,1-2H3/t12-/m1/s1. The molecule has 0 aliphatic rings. The van der Waals surface area contributed by atoms with Gasteiger partial charge in [0, 0.05) is 10.9 Å². The van der Waals surface area contributed by atoms with E-state index in [0.717, 1.165) is 29.4 Å². The van der Waals surface area contributed by atoms with E-state index in [9.17, 15) is 4.79 Å². The topological polar surface area (TPSA) is 42.2 Å². The number of likely N-dealkylation sites (N-methyl/N-ethyl adjacent to an activating group) is 1. The van der Waals surface area contributed by atoms with E-state index in [1.54, 1.807) is 6.26 Å². The van der Waals surface area contributed by atoms with Crippen LogP contribution in [0.2, 0.25) is 0 Å². The van der Waals surface area contributed by atoms with Crippen LogP contribution in [0.3, 0.4) is 0 Å². The van der Waals surface area contributed by atoms with Crippen LogP contribution in [0.15, 0.2) is 34.9 Å². The van der Waals surface area contributed by atoms with E-state index in [1.807, 2.05) is 31.3 Å². The van der Waals surface area contributed by atoms with Crippen molar-refractivity contribution in [3.63, 3.8) is 0 Å². The fourth-order valence-corrected chi connectivity index (χ4v) is 2.02. The van der Waals surface area contributed by atoms with E-state index in [2.05, 4.69) is 12.2 Å². The zero-order valence-electron chi connectivity index (χ0n) is 10.2. The molecule has 3 nitrogen and oxygen atoms in total. The van der Waals surface area contributed by atoms with Crippen LogP contribution >= 0.6 is 0 Å². The van der Waals surface area contributed by atoms with Gasteiger partial charge in [-0.25, -0.2) is 0 Å². The largest absolute Gasteiger partial charge is 0.464 e. The zero-order valence-corrected chi connectivity index (χ0v) is 10.2. The Bertz CT molecular complexity index is 516. The van der Waals surface area contributed by atoms with Crippen molar-refractivity contribution in [2.45, 2.75) is 25.8 Å². The van der Waals surface area contributed by atoms with E-state index in [-0.39, 0.29) is 11.8 Å². The van der Waals surface area contributed by atoms with Gasteiger partial charge in [0.25, 0.3) is 0 Å². The smallest absolute Gasteiger partial charge is 0.179 e. The van der Waals surface area contributed by atoms with E-state index in [1.165, 1.54) is 0 Å². The lowest BCUT2D eigenvalue weighted by molar-refractivity contribution is 0.0942. The Morgan fingerprint density at radius 1 is 1.41 bits per heavy atom. The van der Waals surface area contributed by atoms with Crippen molar-refractivity contribution in [1.29, 1.82) is 0 Å². The summed E-state index contributed by atoms with van der Waals surface area (Å²) < 4.78 is 5.26. The summed E-state index contributed by atoms with van der Waals surface area (Å²) >= 11 is 0. The molecule has 0 aliphatic carbocycles. The van der Waals surface area contributed by atoms with Gasteiger partial charge in [-0.3, -0.25) is 4.79 Å². The van der Waals surface area contributed by atoms with Gasteiger partial charge in [0.05, 0.1) is 12.3 Å². The highest BCUT2D eigenvalue weighted by Crippen LogP contribution is 2.18. The molecule has 0 unspecified atom stereocenters. The number of hydrogen-bond acceptors (Lipinski definition) is 3. The number of fused-ring (bicyclic) bond motifs is 1. The van der Waals surface area contributed by atoms with Crippen LogP contribution in [0.25, 0.3) is 11.0 Å². The summed E-state index contributed by atoms with van der Waals surface area (Å²) in [4.78, 5) is 12.2. The maximum absolute atomic E-state index is 12.2. The summed E-state index contributed by atoms with van der Waals surface area (Å²) in [6, 6.07) is 7.35. The van der Waals surface area contributed by atoms with Gasteiger partial charge in [-0.1, -0.05) is 13.3 Å². The van der Waals surface area contributed by atoms with Gasteiger partial charge in [-0.15, -0.1) is 0 Å². The van der Waals surface area contributed by atoms with Crippen LogP contribution in [0.4, 0.5) is 0 Å². The number of Topliss-reactive ketones (excluding diaryl/α,β-unsaturated/α-hetero) is 1. The maximum atomic E-state index is 12.2. The number of rotatable bonds is 5. The lowest BCUT2D eigenvalue weighted by atomic mass is 10.00. The van der Waals surface area contributed by atoms with Crippen molar-refractivity contribution >= 4 is 16.8 Å². The molecule has 1 heterocycles. The monoisotopic (exact) mass is 231 g/mol. The Kier molecular flexibility index (Phi) is 3.59. The summed E-state index contributed by atoms with van der Waals surface area (Å²) in [6.45, 7) is 2.08. The molecule has 0 aliphatic heterocycles. The van der Waals surface area contributed by atoms with Gasteiger partial charge < -0.3 is 9.73 Å². The Hall–Kier alpha value is -1.61. The van der Waals surface area contributed by atoms with Crippen LogP contribution in [-0.2, 0) is 0 Å². The normalized spacial score (nSPS) is 12.8. The number of ketones is 1. The first-order valence-corrected chi connectivity index (χ1v) is 5.95. The molecule has 1 aromatic carbocycles. The summed E-state index contributed by atoms with van der Waals surface area (Å²) in [6.07, 6.45) is 3.49. The molecule has 17 heavy (non-hydrogen) atoms.